The lowest BCUT2D eigenvalue weighted by Crippen LogP contribution is -2.64. The summed E-state index contributed by atoms with van der Waals surface area (Å²) in [6, 6.07) is 7.68. The largest absolute Gasteiger partial charge is 0.416 e. The van der Waals surface area contributed by atoms with Crippen molar-refractivity contribution in [2.24, 2.45) is 5.92 Å². The molecule has 0 radical (unpaired) electrons. The Labute approximate surface area is 219 Å². The zero-order valence-corrected chi connectivity index (χ0v) is 21.2. The minimum atomic E-state index is -4.58. The number of carbonyl (C=O) groups excluding carboxylic acids is 2. The molecular formula is C27H33F3N4O4. The molecule has 2 heterocycles. The Hall–Kier alpha value is -3.02. The average Bonchev–Trinajstić information content (AvgIpc) is 3.30. The highest BCUT2D eigenvalue weighted by atomic mass is 19.4. The van der Waals surface area contributed by atoms with E-state index in [2.05, 4.69) is 20.9 Å². The fourth-order valence-corrected chi connectivity index (χ4v) is 5.71. The number of hydrogen-bond acceptors (Lipinski definition) is 6. The van der Waals surface area contributed by atoms with Crippen molar-refractivity contribution in [3.05, 3.63) is 65.5 Å². The topological polar surface area (TPSA) is 113 Å². The van der Waals surface area contributed by atoms with Gasteiger partial charge in [0.2, 0.25) is 5.91 Å². The minimum absolute atomic E-state index is 0.000666. The van der Waals surface area contributed by atoms with Gasteiger partial charge in [0, 0.05) is 37.7 Å². The third-order valence-electron chi connectivity index (χ3n) is 7.68. The van der Waals surface area contributed by atoms with E-state index in [9.17, 15) is 27.9 Å². The molecule has 2 atom stereocenters. The first kappa shape index (κ1) is 28.0. The lowest BCUT2D eigenvalue weighted by Gasteiger charge is -2.47. The summed E-state index contributed by atoms with van der Waals surface area (Å²) in [5.74, 6) is -1.24. The molecule has 11 heteroatoms. The number of halogens is 3. The molecule has 1 aromatic heterocycles. The first-order valence-corrected chi connectivity index (χ1v) is 12.8. The molecule has 0 unspecified atom stereocenters. The van der Waals surface area contributed by atoms with Crippen molar-refractivity contribution < 1.29 is 32.6 Å². The van der Waals surface area contributed by atoms with Crippen molar-refractivity contribution >= 4 is 11.8 Å². The van der Waals surface area contributed by atoms with E-state index in [1.807, 2.05) is 19.1 Å². The van der Waals surface area contributed by atoms with Crippen molar-refractivity contribution in [3.63, 3.8) is 0 Å². The van der Waals surface area contributed by atoms with Crippen molar-refractivity contribution in [1.82, 2.24) is 20.9 Å². The standard InChI is InChI=1S/C27H33F3N4O4/c1-2-38-22-15-32-17-26(22,20-6-10-25(37,11-7-20)19-8-12-31-13-9-19)34-23(35)16-33-24(36)18-4-3-5-21(14-18)27(28,29)30/h3-5,8-9,12-14,20,22,32,37H,2,6-7,10-11,15-17H2,1H3,(H,33,36)(H,34,35)/t20?,22-,25?,26+/m0/s1. The van der Waals surface area contributed by atoms with Crippen LogP contribution in [0.2, 0.25) is 0 Å². The van der Waals surface area contributed by atoms with E-state index < -0.39 is 41.2 Å². The number of nitrogens with one attached hydrogen (secondary N) is 3. The summed E-state index contributed by atoms with van der Waals surface area (Å²) in [6.07, 6.45) is 0.707. The molecule has 2 aromatic rings. The second kappa shape index (κ2) is 11.4. The molecule has 0 spiro atoms. The van der Waals surface area contributed by atoms with Crippen LogP contribution in [0.1, 0.15) is 54.1 Å². The van der Waals surface area contributed by atoms with Crippen LogP contribution in [-0.2, 0) is 21.3 Å². The Bertz CT molecular complexity index is 1120. The lowest BCUT2D eigenvalue weighted by molar-refractivity contribution is -0.137. The van der Waals surface area contributed by atoms with Crippen molar-refractivity contribution in [2.75, 3.05) is 26.2 Å². The maximum Gasteiger partial charge on any atom is 0.416 e. The van der Waals surface area contributed by atoms with Crippen LogP contribution in [0.4, 0.5) is 13.2 Å². The zero-order valence-electron chi connectivity index (χ0n) is 21.2. The second-order valence-electron chi connectivity index (χ2n) is 9.97. The quantitative estimate of drug-likeness (QED) is 0.415. The minimum Gasteiger partial charge on any atom is -0.385 e. The summed E-state index contributed by atoms with van der Waals surface area (Å²) in [5.41, 5.74) is -2.04. The number of aliphatic hydroxyl groups is 1. The highest BCUT2D eigenvalue weighted by molar-refractivity contribution is 5.96. The molecule has 2 amide bonds. The van der Waals surface area contributed by atoms with Gasteiger partial charge in [0.25, 0.3) is 5.91 Å². The van der Waals surface area contributed by atoms with E-state index in [1.165, 1.54) is 6.07 Å². The van der Waals surface area contributed by atoms with Gasteiger partial charge in [-0.25, -0.2) is 0 Å². The predicted octanol–water partition coefficient (Wildman–Crippen LogP) is 2.77. The number of amides is 2. The fraction of sp³-hybridized carbons (Fsp3) is 0.519. The number of benzene rings is 1. The normalized spacial score (nSPS) is 27.6. The molecule has 8 nitrogen and oxygen atoms in total. The number of nitrogens with zero attached hydrogens (tertiary/aromatic N) is 1. The smallest absolute Gasteiger partial charge is 0.385 e. The maximum absolute atomic E-state index is 13.1. The van der Waals surface area contributed by atoms with Gasteiger partial charge >= 0.3 is 6.18 Å². The molecule has 206 valence electrons. The van der Waals surface area contributed by atoms with Crippen LogP contribution in [-0.4, -0.2) is 59.8 Å². The summed E-state index contributed by atoms with van der Waals surface area (Å²) in [5, 5.41) is 20.1. The third-order valence-corrected chi connectivity index (χ3v) is 7.68. The Morgan fingerprint density at radius 2 is 1.89 bits per heavy atom. The number of alkyl halides is 3. The van der Waals surface area contributed by atoms with Crippen LogP contribution in [0.15, 0.2) is 48.8 Å². The molecule has 1 saturated heterocycles. The van der Waals surface area contributed by atoms with E-state index in [0.717, 1.165) is 23.8 Å². The first-order chi connectivity index (χ1) is 18.1. The molecule has 4 N–H and O–H groups in total. The molecule has 1 saturated carbocycles. The Kier molecular flexibility index (Phi) is 8.39. The van der Waals surface area contributed by atoms with Gasteiger partial charge < -0.3 is 25.8 Å². The number of aromatic nitrogens is 1. The molecule has 38 heavy (non-hydrogen) atoms. The number of rotatable bonds is 8. The number of ether oxygens (including phenoxy) is 1. The summed E-state index contributed by atoms with van der Waals surface area (Å²) >= 11 is 0. The predicted molar refractivity (Wildman–Crippen MR) is 133 cm³/mol. The molecule has 2 fully saturated rings. The number of hydrogen-bond donors (Lipinski definition) is 4. The van der Waals surface area contributed by atoms with Gasteiger partial charge in [-0.1, -0.05) is 6.07 Å². The van der Waals surface area contributed by atoms with Gasteiger partial charge in [-0.2, -0.15) is 13.2 Å². The van der Waals surface area contributed by atoms with E-state index in [1.54, 1.807) is 12.4 Å². The van der Waals surface area contributed by atoms with Gasteiger partial charge in [0.15, 0.2) is 0 Å². The molecule has 2 aliphatic rings. The molecule has 1 aromatic carbocycles. The molecular weight excluding hydrogens is 501 g/mol. The maximum atomic E-state index is 13.1. The zero-order chi connectivity index (χ0) is 27.4. The molecule has 1 aliphatic carbocycles. The van der Waals surface area contributed by atoms with Gasteiger partial charge in [0.05, 0.1) is 29.4 Å². The van der Waals surface area contributed by atoms with Crippen molar-refractivity contribution in [3.8, 4) is 0 Å². The monoisotopic (exact) mass is 534 g/mol. The van der Waals surface area contributed by atoms with Crippen LogP contribution in [0.3, 0.4) is 0 Å². The van der Waals surface area contributed by atoms with E-state index in [0.29, 0.717) is 45.4 Å². The van der Waals surface area contributed by atoms with E-state index in [-0.39, 0.29) is 17.6 Å². The molecule has 1 aliphatic heterocycles. The van der Waals surface area contributed by atoms with Crippen LogP contribution < -0.4 is 16.0 Å². The van der Waals surface area contributed by atoms with E-state index in [4.69, 9.17) is 4.74 Å². The van der Waals surface area contributed by atoms with E-state index >= 15 is 0 Å². The van der Waals surface area contributed by atoms with Crippen LogP contribution >= 0.6 is 0 Å². The summed E-state index contributed by atoms with van der Waals surface area (Å²) in [6.45, 7) is 2.93. The van der Waals surface area contributed by atoms with Gasteiger partial charge in [-0.15, -0.1) is 0 Å². The van der Waals surface area contributed by atoms with Crippen LogP contribution in [0.5, 0.6) is 0 Å². The SMILES string of the molecule is CCO[C@H]1CNC[C@@]1(NC(=O)CNC(=O)c1cccc(C(F)(F)F)c1)C1CCC(O)(c2ccncc2)CC1. The van der Waals surface area contributed by atoms with Crippen molar-refractivity contribution in [2.45, 2.75) is 56.0 Å². The summed E-state index contributed by atoms with van der Waals surface area (Å²) < 4.78 is 45.0. The highest BCUT2D eigenvalue weighted by Crippen LogP contribution is 2.45. The van der Waals surface area contributed by atoms with Gasteiger partial charge in [0.1, 0.15) is 0 Å². The van der Waals surface area contributed by atoms with Crippen molar-refractivity contribution in [1.29, 1.82) is 0 Å². The summed E-state index contributed by atoms with van der Waals surface area (Å²) in [7, 11) is 0. The third kappa shape index (κ3) is 6.00. The summed E-state index contributed by atoms with van der Waals surface area (Å²) in [4.78, 5) is 29.6. The Morgan fingerprint density at radius 1 is 1.18 bits per heavy atom. The molecule has 0 bridgehead atoms. The fourth-order valence-electron chi connectivity index (χ4n) is 5.71. The number of pyridine rings is 1. The lowest BCUT2D eigenvalue weighted by atomic mass is 9.67. The number of carbonyl (C=O) groups is 2. The second-order valence-corrected chi connectivity index (χ2v) is 9.97. The Balaban J connectivity index is 1.44. The van der Waals surface area contributed by atoms with Gasteiger partial charge in [-0.05, 0) is 74.4 Å². The van der Waals surface area contributed by atoms with Gasteiger partial charge in [-0.3, -0.25) is 14.6 Å². The average molecular weight is 535 g/mol. The highest BCUT2D eigenvalue weighted by Gasteiger charge is 2.52. The molecule has 4 rings (SSSR count). The van der Waals surface area contributed by atoms with Crippen LogP contribution in [0.25, 0.3) is 0 Å². The van der Waals surface area contributed by atoms with Crippen LogP contribution in [0, 0.1) is 5.92 Å². The Morgan fingerprint density at radius 3 is 2.55 bits per heavy atom. The first-order valence-electron chi connectivity index (χ1n) is 12.8.